The molecular formula is C22H29ClN2O3. The lowest BCUT2D eigenvalue weighted by atomic mass is 9.85. The number of benzene rings is 1. The van der Waals surface area contributed by atoms with Gasteiger partial charge in [-0.3, -0.25) is 0 Å². The summed E-state index contributed by atoms with van der Waals surface area (Å²) in [7, 11) is 0. The van der Waals surface area contributed by atoms with Gasteiger partial charge in [-0.1, -0.05) is 11.6 Å². The maximum Gasteiger partial charge on any atom is 0.131 e. The van der Waals surface area contributed by atoms with Gasteiger partial charge in [-0.25, -0.2) is 4.98 Å². The molecule has 1 aromatic heterocycles. The van der Waals surface area contributed by atoms with Crippen LogP contribution in [0.3, 0.4) is 0 Å². The second-order valence-electron chi connectivity index (χ2n) is 8.60. The van der Waals surface area contributed by atoms with Crippen LogP contribution >= 0.6 is 11.6 Å². The minimum Gasteiger partial charge on any atom is -0.485 e. The lowest BCUT2D eigenvalue weighted by molar-refractivity contribution is -0.0646. The number of aliphatic hydroxyl groups is 1. The van der Waals surface area contributed by atoms with Crippen LogP contribution in [0.5, 0.6) is 5.75 Å². The van der Waals surface area contributed by atoms with Crippen molar-refractivity contribution >= 4 is 22.5 Å². The SMILES string of the molecule is Cc1cc(Cl)nc2cc3c(cc12)OC(C)(C)C(O)C3NCCC1CCOCC1. The van der Waals surface area contributed by atoms with Crippen molar-refractivity contribution < 1.29 is 14.6 Å². The van der Waals surface area contributed by atoms with E-state index in [-0.39, 0.29) is 6.04 Å². The first-order chi connectivity index (χ1) is 13.3. The van der Waals surface area contributed by atoms with Gasteiger partial charge in [-0.05, 0) is 76.3 Å². The Morgan fingerprint density at radius 1 is 1.25 bits per heavy atom. The first kappa shape index (κ1) is 19.9. The zero-order valence-electron chi connectivity index (χ0n) is 16.8. The average Bonchev–Trinajstić information content (AvgIpc) is 2.65. The van der Waals surface area contributed by atoms with Crippen molar-refractivity contribution in [3.05, 3.63) is 34.5 Å². The van der Waals surface area contributed by atoms with Crippen LogP contribution in [-0.2, 0) is 4.74 Å². The van der Waals surface area contributed by atoms with E-state index in [2.05, 4.69) is 10.3 Å². The van der Waals surface area contributed by atoms with E-state index in [1.54, 1.807) is 0 Å². The minimum atomic E-state index is -0.676. The highest BCUT2D eigenvalue weighted by atomic mass is 35.5. The molecule has 6 heteroatoms. The van der Waals surface area contributed by atoms with Crippen LogP contribution < -0.4 is 10.1 Å². The van der Waals surface area contributed by atoms with Crippen molar-refractivity contribution in [3.63, 3.8) is 0 Å². The van der Waals surface area contributed by atoms with Gasteiger partial charge in [0.05, 0.1) is 11.6 Å². The van der Waals surface area contributed by atoms with Crippen LogP contribution in [0.2, 0.25) is 5.15 Å². The maximum absolute atomic E-state index is 11.0. The third-order valence-electron chi connectivity index (χ3n) is 6.11. The van der Waals surface area contributed by atoms with Crippen molar-refractivity contribution in [1.82, 2.24) is 10.3 Å². The monoisotopic (exact) mass is 404 g/mol. The van der Waals surface area contributed by atoms with Crippen molar-refractivity contribution in [2.75, 3.05) is 19.8 Å². The van der Waals surface area contributed by atoms with E-state index in [1.165, 1.54) is 0 Å². The molecule has 0 aliphatic carbocycles. The van der Waals surface area contributed by atoms with Gasteiger partial charge in [-0.15, -0.1) is 0 Å². The lowest BCUT2D eigenvalue weighted by Gasteiger charge is -2.42. The number of aromatic nitrogens is 1. The number of halogens is 1. The third-order valence-corrected chi connectivity index (χ3v) is 6.30. The normalized spacial score (nSPS) is 24.8. The number of hydrogen-bond acceptors (Lipinski definition) is 5. The van der Waals surface area contributed by atoms with Crippen molar-refractivity contribution in [1.29, 1.82) is 0 Å². The third kappa shape index (κ3) is 3.86. The van der Waals surface area contributed by atoms with Gasteiger partial charge < -0.3 is 19.9 Å². The molecule has 5 nitrogen and oxygen atoms in total. The Bertz CT molecular complexity index is 864. The summed E-state index contributed by atoms with van der Waals surface area (Å²) in [5.41, 5.74) is 2.16. The van der Waals surface area contributed by atoms with E-state index in [1.807, 2.05) is 39.0 Å². The Labute approximate surface area is 171 Å². The Balaban J connectivity index is 1.63. The highest BCUT2D eigenvalue weighted by Gasteiger charge is 2.43. The van der Waals surface area contributed by atoms with E-state index in [0.29, 0.717) is 11.1 Å². The van der Waals surface area contributed by atoms with Crippen LogP contribution in [0, 0.1) is 12.8 Å². The van der Waals surface area contributed by atoms with Crippen LogP contribution in [-0.4, -0.2) is 41.6 Å². The van der Waals surface area contributed by atoms with Crippen molar-refractivity contribution in [2.45, 2.75) is 57.8 Å². The van der Waals surface area contributed by atoms with Crippen LogP contribution in [0.1, 0.15) is 50.3 Å². The molecule has 28 heavy (non-hydrogen) atoms. The molecule has 0 amide bonds. The summed E-state index contributed by atoms with van der Waals surface area (Å²) in [5, 5.41) is 16.1. The maximum atomic E-state index is 11.0. The van der Waals surface area contributed by atoms with Gasteiger partial charge in [0.2, 0.25) is 0 Å². The van der Waals surface area contributed by atoms with Crippen molar-refractivity contribution in [3.8, 4) is 5.75 Å². The molecule has 1 saturated heterocycles. The molecule has 2 aliphatic rings. The number of ether oxygens (including phenoxy) is 2. The van der Waals surface area contributed by atoms with E-state index in [0.717, 1.165) is 66.8 Å². The summed E-state index contributed by atoms with van der Waals surface area (Å²) < 4.78 is 11.6. The Kier molecular flexibility index (Phi) is 5.53. The molecule has 4 rings (SSSR count). The molecular weight excluding hydrogens is 376 g/mol. The molecule has 3 heterocycles. The Morgan fingerprint density at radius 2 is 2.00 bits per heavy atom. The minimum absolute atomic E-state index is 0.205. The quantitative estimate of drug-likeness (QED) is 0.748. The van der Waals surface area contributed by atoms with Crippen LogP contribution in [0.4, 0.5) is 0 Å². The van der Waals surface area contributed by atoms with Gasteiger partial charge in [0.1, 0.15) is 22.6 Å². The number of hydrogen-bond donors (Lipinski definition) is 2. The molecule has 2 unspecified atom stereocenters. The number of aliphatic hydroxyl groups excluding tert-OH is 1. The molecule has 2 aromatic rings. The smallest absolute Gasteiger partial charge is 0.131 e. The fourth-order valence-electron chi connectivity index (χ4n) is 4.34. The number of fused-ring (bicyclic) bond motifs is 2. The number of pyridine rings is 1. The molecule has 152 valence electrons. The highest BCUT2D eigenvalue weighted by Crippen LogP contribution is 2.42. The zero-order valence-corrected chi connectivity index (χ0v) is 17.6. The molecule has 0 saturated carbocycles. The zero-order chi connectivity index (χ0) is 19.9. The molecule has 2 atom stereocenters. The second kappa shape index (κ2) is 7.79. The molecule has 1 aromatic carbocycles. The predicted octanol–water partition coefficient (Wildman–Crippen LogP) is 4.18. The predicted molar refractivity (Wildman–Crippen MR) is 111 cm³/mol. The first-order valence-corrected chi connectivity index (χ1v) is 10.5. The fraction of sp³-hybridized carbons (Fsp3) is 0.591. The summed E-state index contributed by atoms with van der Waals surface area (Å²) in [4.78, 5) is 4.48. The number of aryl methyl sites for hydroxylation is 1. The molecule has 0 radical (unpaired) electrons. The number of nitrogens with one attached hydrogen (secondary N) is 1. The van der Waals surface area contributed by atoms with E-state index in [9.17, 15) is 5.11 Å². The summed E-state index contributed by atoms with van der Waals surface area (Å²) >= 11 is 6.17. The number of nitrogens with zero attached hydrogens (tertiary/aromatic N) is 1. The Morgan fingerprint density at radius 3 is 2.75 bits per heavy atom. The first-order valence-electron chi connectivity index (χ1n) is 10.1. The van der Waals surface area contributed by atoms with Gasteiger partial charge in [0.15, 0.2) is 0 Å². The van der Waals surface area contributed by atoms with Gasteiger partial charge >= 0.3 is 0 Å². The summed E-state index contributed by atoms with van der Waals surface area (Å²) in [6, 6.07) is 5.70. The highest BCUT2D eigenvalue weighted by molar-refractivity contribution is 6.29. The summed E-state index contributed by atoms with van der Waals surface area (Å²) in [6.45, 7) is 8.46. The Hall–Kier alpha value is -1.40. The van der Waals surface area contributed by atoms with Gasteiger partial charge in [0, 0.05) is 24.2 Å². The standard InChI is InChI=1S/C22H29ClN2O3/c1-13-10-19(23)25-17-11-16-18(12-15(13)17)28-22(2,3)21(26)20(16)24-7-4-14-5-8-27-9-6-14/h10-12,14,20-21,24,26H,4-9H2,1-3H3. The fourth-order valence-corrected chi connectivity index (χ4v) is 4.60. The molecule has 1 fully saturated rings. The molecule has 2 N–H and O–H groups in total. The van der Waals surface area contributed by atoms with Gasteiger partial charge in [-0.2, -0.15) is 0 Å². The molecule has 2 aliphatic heterocycles. The topological polar surface area (TPSA) is 63.6 Å². The molecule has 0 bridgehead atoms. The van der Waals surface area contributed by atoms with Crippen LogP contribution in [0.15, 0.2) is 18.2 Å². The largest absolute Gasteiger partial charge is 0.485 e. The summed E-state index contributed by atoms with van der Waals surface area (Å²) in [6.07, 6.45) is 2.66. The van der Waals surface area contributed by atoms with Crippen LogP contribution in [0.25, 0.3) is 10.9 Å². The summed E-state index contributed by atoms with van der Waals surface area (Å²) in [5.74, 6) is 1.49. The molecule has 0 spiro atoms. The van der Waals surface area contributed by atoms with Crippen molar-refractivity contribution in [2.24, 2.45) is 5.92 Å². The number of rotatable bonds is 4. The van der Waals surface area contributed by atoms with E-state index < -0.39 is 11.7 Å². The average molecular weight is 405 g/mol. The van der Waals surface area contributed by atoms with Gasteiger partial charge in [0.25, 0.3) is 0 Å². The second-order valence-corrected chi connectivity index (χ2v) is 8.98. The van der Waals surface area contributed by atoms with E-state index >= 15 is 0 Å². The lowest BCUT2D eigenvalue weighted by Crippen LogP contribution is -2.52. The van der Waals surface area contributed by atoms with E-state index in [4.69, 9.17) is 21.1 Å².